The number of hydrogen-bond acceptors (Lipinski definition) is 3. The van der Waals surface area contributed by atoms with E-state index in [9.17, 15) is 4.79 Å². The van der Waals surface area contributed by atoms with Crippen molar-refractivity contribution in [2.75, 3.05) is 10.6 Å². The van der Waals surface area contributed by atoms with Crippen LogP contribution in [0.5, 0.6) is 0 Å². The van der Waals surface area contributed by atoms with E-state index in [2.05, 4.69) is 21.2 Å². The Kier molecular flexibility index (Phi) is 6.25. The fraction of sp³-hybridized carbons (Fsp3) is 0.364. The molecule has 1 aromatic rings. The molecular formula is C11H15BBrNO3. The molecule has 3 N–H and O–H groups in total. The highest BCUT2D eigenvalue weighted by molar-refractivity contribution is 9.09. The minimum atomic E-state index is -1.51. The second-order valence-corrected chi connectivity index (χ2v) is 4.49. The van der Waals surface area contributed by atoms with Gasteiger partial charge in [-0.25, -0.2) is 0 Å². The van der Waals surface area contributed by atoms with Crippen LogP contribution in [0.15, 0.2) is 24.3 Å². The van der Waals surface area contributed by atoms with E-state index in [1.165, 1.54) is 0 Å². The summed E-state index contributed by atoms with van der Waals surface area (Å²) in [6.07, 6.45) is 2.26. The van der Waals surface area contributed by atoms with Gasteiger partial charge < -0.3 is 15.4 Å². The first-order valence-electron chi connectivity index (χ1n) is 5.45. The van der Waals surface area contributed by atoms with Crippen molar-refractivity contribution in [1.82, 2.24) is 0 Å². The molecule has 0 heterocycles. The molecule has 0 bridgehead atoms. The lowest BCUT2D eigenvalue weighted by atomic mass is 9.80. The van der Waals surface area contributed by atoms with E-state index < -0.39 is 7.12 Å². The average Bonchev–Trinajstić information content (AvgIpc) is 2.29. The second kappa shape index (κ2) is 7.47. The third-order valence-corrected chi connectivity index (χ3v) is 2.82. The number of anilines is 1. The lowest BCUT2D eigenvalue weighted by Gasteiger charge is -2.06. The largest absolute Gasteiger partial charge is 0.488 e. The van der Waals surface area contributed by atoms with E-state index in [4.69, 9.17) is 10.0 Å². The van der Waals surface area contributed by atoms with Gasteiger partial charge in [-0.15, -0.1) is 0 Å². The first-order valence-corrected chi connectivity index (χ1v) is 6.57. The van der Waals surface area contributed by atoms with Crippen molar-refractivity contribution in [3.8, 4) is 0 Å². The van der Waals surface area contributed by atoms with E-state index in [0.717, 1.165) is 18.2 Å². The number of halogens is 1. The van der Waals surface area contributed by atoms with Crippen LogP contribution < -0.4 is 10.8 Å². The zero-order valence-corrected chi connectivity index (χ0v) is 11.0. The van der Waals surface area contributed by atoms with Crippen LogP contribution in [0.1, 0.15) is 19.3 Å². The molecule has 0 saturated heterocycles. The Balaban J connectivity index is 2.50. The van der Waals surface area contributed by atoms with Crippen LogP contribution >= 0.6 is 15.9 Å². The summed E-state index contributed by atoms with van der Waals surface area (Å²) in [6.45, 7) is 0. The van der Waals surface area contributed by atoms with Gasteiger partial charge in [-0.3, -0.25) is 4.79 Å². The molecule has 1 rings (SSSR count). The van der Waals surface area contributed by atoms with Gasteiger partial charge in [0.1, 0.15) is 0 Å². The van der Waals surface area contributed by atoms with Crippen LogP contribution in [0.2, 0.25) is 0 Å². The molecule has 17 heavy (non-hydrogen) atoms. The van der Waals surface area contributed by atoms with Crippen LogP contribution in [0, 0.1) is 0 Å². The minimum Gasteiger partial charge on any atom is -0.423 e. The second-order valence-electron chi connectivity index (χ2n) is 3.69. The maximum absolute atomic E-state index is 11.5. The summed E-state index contributed by atoms with van der Waals surface area (Å²) in [7, 11) is -1.51. The molecule has 0 aliphatic carbocycles. The average molecular weight is 300 g/mol. The Bertz CT molecular complexity index is 373. The molecule has 1 amide bonds. The van der Waals surface area contributed by atoms with Crippen LogP contribution in [-0.4, -0.2) is 28.4 Å². The van der Waals surface area contributed by atoms with E-state index in [-0.39, 0.29) is 5.91 Å². The van der Waals surface area contributed by atoms with E-state index in [1.807, 2.05) is 0 Å². The lowest BCUT2D eigenvalue weighted by molar-refractivity contribution is -0.116. The summed E-state index contributed by atoms with van der Waals surface area (Å²) >= 11 is 3.30. The highest BCUT2D eigenvalue weighted by Crippen LogP contribution is 2.06. The molecule has 1 aromatic carbocycles. The van der Waals surface area contributed by atoms with E-state index in [1.54, 1.807) is 24.3 Å². The molecule has 6 heteroatoms. The number of carbonyl (C=O) groups is 1. The SMILES string of the molecule is O=C(CCCCBr)Nc1cccc(B(O)O)c1. The van der Waals surface area contributed by atoms with Gasteiger partial charge in [0, 0.05) is 17.4 Å². The number of alkyl halides is 1. The van der Waals surface area contributed by atoms with Crippen molar-refractivity contribution in [3.05, 3.63) is 24.3 Å². The first-order chi connectivity index (χ1) is 8.13. The smallest absolute Gasteiger partial charge is 0.423 e. The molecule has 0 aromatic heterocycles. The number of rotatable bonds is 6. The minimum absolute atomic E-state index is 0.0597. The van der Waals surface area contributed by atoms with Gasteiger partial charge in [-0.2, -0.15) is 0 Å². The molecule has 0 atom stereocenters. The zero-order chi connectivity index (χ0) is 12.7. The van der Waals surface area contributed by atoms with Crippen molar-refractivity contribution in [3.63, 3.8) is 0 Å². The predicted octanol–water partition coefficient (Wildman–Crippen LogP) is 0.870. The fourth-order valence-corrected chi connectivity index (χ4v) is 1.78. The summed E-state index contributed by atoms with van der Waals surface area (Å²) < 4.78 is 0. The highest BCUT2D eigenvalue weighted by atomic mass is 79.9. The molecule has 0 saturated carbocycles. The quantitative estimate of drug-likeness (QED) is 0.415. The molecule has 4 nitrogen and oxygen atoms in total. The predicted molar refractivity (Wildman–Crippen MR) is 72.5 cm³/mol. The van der Waals surface area contributed by atoms with Crippen molar-refractivity contribution in [1.29, 1.82) is 0 Å². The van der Waals surface area contributed by atoms with Crippen molar-refractivity contribution < 1.29 is 14.8 Å². The summed E-state index contributed by atoms with van der Waals surface area (Å²) in [4.78, 5) is 11.5. The van der Waals surface area contributed by atoms with Crippen LogP contribution in [0.25, 0.3) is 0 Å². The molecule has 92 valence electrons. The highest BCUT2D eigenvalue weighted by Gasteiger charge is 2.11. The molecular weight excluding hydrogens is 285 g/mol. The molecule has 0 unspecified atom stereocenters. The van der Waals surface area contributed by atoms with Gasteiger partial charge in [-0.1, -0.05) is 28.1 Å². The summed E-state index contributed by atoms with van der Waals surface area (Å²) in [5, 5.41) is 21.6. The fourth-order valence-electron chi connectivity index (χ4n) is 1.38. The number of hydrogen-bond donors (Lipinski definition) is 3. The Hall–Kier alpha value is -0.845. The number of nitrogens with one attached hydrogen (secondary N) is 1. The van der Waals surface area contributed by atoms with Crippen LogP contribution in [0.3, 0.4) is 0 Å². The Labute approximate surface area is 109 Å². The third kappa shape index (κ3) is 5.34. The van der Waals surface area contributed by atoms with Gasteiger partial charge in [0.05, 0.1) is 0 Å². The van der Waals surface area contributed by atoms with Crippen molar-refractivity contribution in [2.45, 2.75) is 19.3 Å². The Morgan fingerprint density at radius 2 is 2.12 bits per heavy atom. The number of unbranched alkanes of at least 4 members (excludes halogenated alkanes) is 1. The zero-order valence-electron chi connectivity index (χ0n) is 9.40. The Morgan fingerprint density at radius 1 is 1.35 bits per heavy atom. The van der Waals surface area contributed by atoms with E-state index >= 15 is 0 Å². The lowest BCUT2D eigenvalue weighted by Crippen LogP contribution is -2.30. The topological polar surface area (TPSA) is 69.6 Å². The van der Waals surface area contributed by atoms with Crippen molar-refractivity contribution >= 4 is 40.1 Å². The maximum atomic E-state index is 11.5. The number of carbonyl (C=O) groups excluding carboxylic acids is 1. The summed E-state index contributed by atoms with van der Waals surface area (Å²) in [5.74, 6) is -0.0597. The van der Waals surface area contributed by atoms with Crippen LogP contribution in [0.4, 0.5) is 5.69 Å². The van der Waals surface area contributed by atoms with Crippen LogP contribution in [-0.2, 0) is 4.79 Å². The van der Waals surface area contributed by atoms with Gasteiger partial charge in [0.15, 0.2) is 0 Å². The molecule has 0 spiro atoms. The maximum Gasteiger partial charge on any atom is 0.488 e. The first kappa shape index (κ1) is 14.2. The Morgan fingerprint density at radius 3 is 2.76 bits per heavy atom. The summed E-state index contributed by atoms with van der Waals surface area (Å²) in [5.41, 5.74) is 0.947. The molecule has 0 aliphatic rings. The normalized spacial score (nSPS) is 10.1. The number of amides is 1. The van der Waals surface area contributed by atoms with Crippen molar-refractivity contribution in [2.24, 2.45) is 0 Å². The van der Waals surface area contributed by atoms with Gasteiger partial charge in [-0.05, 0) is 30.4 Å². The molecule has 0 radical (unpaired) electrons. The molecule has 0 aliphatic heterocycles. The third-order valence-electron chi connectivity index (χ3n) is 2.26. The summed E-state index contributed by atoms with van der Waals surface area (Å²) in [6, 6.07) is 6.52. The molecule has 0 fully saturated rings. The van der Waals surface area contributed by atoms with Gasteiger partial charge >= 0.3 is 7.12 Å². The standard InChI is InChI=1S/C11H15BBrNO3/c13-7-2-1-6-11(15)14-10-5-3-4-9(8-10)12(16)17/h3-5,8,16-17H,1-2,6-7H2,(H,14,15). The number of benzene rings is 1. The monoisotopic (exact) mass is 299 g/mol. The van der Waals surface area contributed by atoms with Gasteiger partial charge in [0.2, 0.25) is 5.91 Å². The van der Waals surface area contributed by atoms with Gasteiger partial charge in [0.25, 0.3) is 0 Å². The van der Waals surface area contributed by atoms with E-state index in [0.29, 0.717) is 17.6 Å².